The number of anilines is 2. The summed E-state index contributed by atoms with van der Waals surface area (Å²) in [5.41, 5.74) is 2.65. The van der Waals surface area contributed by atoms with Gasteiger partial charge in [-0.25, -0.2) is 13.2 Å². The van der Waals surface area contributed by atoms with Gasteiger partial charge in [-0.2, -0.15) is 0 Å². The number of sulfonamides is 1. The van der Waals surface area contributed by atoms with Gasteiger partial charge < -0.3 is 10.6 Å². The van der Waals surface area contributed by atoms with E-state index in [9.17, 15) is 13.2 Å². The average molecular weight is 430 g/mol. The highest BCUT2D eigenvalue weighted by atomic mass is 35.5. The zero-order valence-corrected chi connectivity index (χ0v) is 17.3. The van der Waals surface area contributed by atoms with Crippen molar-refractivity contribution in [3.05, 3.63) is 57.6 Å². The maximum atomic E-state index is 12.0. The minimum Gasteiger partial charge on any atom is -0.338 e. The average Bonchev–Trinajstić information content (AvgIpc) is 2.59. The van der Waals surface area contributed by atoms with E-state index in [0.717, 1.165) is 5.56 Å². The summed E-state index contributed by atoms with van der Waals surface area (Å²) in [6.45, 7) is 3.73. The second-order valence-corrected chi connectivity index (χ2v) is 8.76. The summed E-state index contributed by atoms with van der Waals surface area (Å²) in [7, 11) is -3.34. The van der Waals surface area contributed by atoms with E-state index < -0.39 is 10.0 Å². The van der Waals surface area contributed by atoms with Gasteiger partial charge in [0, 0.05) is 22.3 Å². The van der Waals surface area contributed by atoms with Crippen LogP contribution in [0.4, 0.5) is 16.2 Å². The van der Waals surface area contributed by atoms with Crippen molar-refractivity contribution in [2.75, 3.05) is 22.3 Å². The highest BCUT2D eigenvalue weighted by Gasteiger charge is 2.10. The first-order valence-electron chi connectivity index (χ1n) is 8.30. The Bertz CT molecular complexity index is 933. The third-order valence-electron chi connectivity index (χ3n) is 3.82. The second-order valence-electron chi connectivity index (χ2n) is 5.90. The van der Waals surface area contributed by atoms with Gasteiger partial charge in [-0.3, -0.25) is 4.72 Å². The van der Waals surface area contributed by atoms with Crippen LogP contribution in [-0.4, -0.2) is 26.7 Å². The number of benzene rings is 2. The smallest absolute Gasteiger partial charge is 0.319 e. The third kappa shape index (κ3) is 6.61. The van der Waals surface area contributed by atoms with Crippen molar-refractivity contribution in [1.82, 2.24) is 5.32 Å². The van der Waals surface area contributed by atoms with Crippen LogP contribution in [0, 0.1) is 6.92 Å². The van der Waals surface area contributed by atoms with Crippen molar-refractivity contribution in [3.63, 3.8) is 0 Å². The van der Waals surface area contributed by atoms with Gasteiger partial charge in [0.1, 0.15) is 0 Å². The molecule has 0 aromatic heterocycles. The van der Waals surface area contributed by atoms with E-state index in [0.29, 0.717) is 39.9 Å². The molecule has 0 saturated carbocycles. The normalized spacial score (nSPS) is 11.1. The van der Waals surface area contributed by atoms with E-state index in [1.807, 2.05) is 6.07 Å². The Balaban J connectivity index is 1.89. The molecule has 2 rings (SSSR count). The van der Waals surface area contributed by atoms with Gasteiger partial charge in [0.25, 0.3) is 0 Å². The molecule has 2 amide bonds. The van der Waals surface area contributed by atoms with Crippen LogP contribution in [0.25, 0.3) is 0 Å². The number of rotatable bonds is 7. The minimum absolute atomic E-state index is 0.00746. The molecule has 0 fully saturated rings. The molecule has 0 aliphatic carbocycles. The summed E-state index contributed by atoms with van der Waals surface area (Å²) in [4.78, 5) is 12.0. The van der Waals surface area contributed by atoms with Gasteiger partial charge in [-0.1, -0.05) is 29.3 Å². The maximum Gasteiger partial charge on any atom is 0.319 e. The summed E-state index contributed by atoms with van der Waals surface area (Å²) in [5, 5.41) is 6.59. The summed E-state index contributed by atoms with van der Waals surface area (Å²) in [5.74, 6) is -0.00746. The van der Waals surface area contributed by atoms with Crippen LogP contribution in [0.15, 0.2) is 36.4 Å². The summed E-state index contributed by atoms with van der Waals surface area (Å²) in [6.07, 6.45) is 0.570. The number of nitrogens with one attached hydrogen (secondary N) is 3. The lowest BCUT2D eigenvalue weighted by Gasteiger charge is -2.12. The SMILES string of the molecule is CCS(=O)(=O)Nc1ccc(NC(=O)NCCc2ccc(Cl)cc2Cl)cc1C. The quantitative estimate of drug-likeness (QED) is 0.608. The number of carbonyl (C=O) groups is 1. The number of hydrogen-bond donors (Lipinski definition) is 3. The molecular weight excluding hydrogens is 409 g/mol. The Morgan fingerprint density at radius 3 is 2.48 bits per heavy atom. The van der Waals surface area contributed by atoms with Crippen molar-refractivity contribution >= 4 is 50.6 Å². The zero-order valence-electron chi connectivity index (χ0n) is 15.0. The molecule has 3 N–H and O–H groups in total. The van der Waals surface area contributed by atoms with E-state index in [2.05, 4.69) is 15.4 Å². The van der Waals surface area contributed by atoms with Gasteiger partial charge in [0.05, 0.1) is 11.4 Å². The van der Waals surface area contributed by atoms with Crippen molar-refractivity contribution < 1.29 is 13.2 Å². The number of urea groups is 1. The number of hydrogen-bond acceptors (Lipinski definition) is 3. The van der Waals surface area contributed by atoms with Crippen LogP contribution in [0.5, 0.6) is 0 Å². The molecule has 2 aromatic rings. The van der Waals surface area contributed by atoms with Crippen LogP contribution in [0.1, 0.15) is 18.1 Å². The monoisotopic (exact) mass is 429 g/mol. The lowest BCUT2D eigenvalue weighted by Crippen LogP contribution is -2.30. The molecule has 2 aromatic carbocycles. The fourth-order valence-electron chi connectivity index (χ4n) is 2.31. The largest absolute Gasteiger partial charge is 0.338 e. The third-order valence-corrected chi connectivity index (χ3v) is 5.70. The first-order valence-corrected chi connectivity index (χ1v) is 10.7. The molecule has 0 aliphatic rings. The second kappa shape index (κ2) is 9.30. The van der Waals surface area contributed by atoms with Crippen molar-refractivity contribution in [1.29, 1.82) is 0 Å². The number of amides is 2. The van der Waals surface area contributed by atoms with Crippen LogP contribution in [0.2, 0.25) is 10.0 Å². The van der Waals surface area contributed by atoms with Crippen LogP contribution < -0.4 is 15.4 Å². The van der Waals surface area contributed by atoms with Gasteiger partial charge in [-0.05, 0) is 61.7 Å². The Kier molecular flexibility index (Phi) is 7.35. The Labute approximate surface area is 169 Å². The molecule has 146 valence electrons. The van der Waals surface area contributed by atoms with Crippen LogP contribution in [0.3, 0.4) is 0 Å². The van der Waals surface area contributed by atoms with Gasteiger partial charge in [0.15, 0.2) is 0 Å². The summed E-state index contributed by atoms with van der Waals surface area (Å²) in [6, 6.07) is 9.82. The molecule has 0 spiro atoms. The fourth-order valence-corrected chi connectivity index (χ4v) is 3.52. The summed E-state index contributed by atoms with van der Waals surface area (Å²) >= 11 is 12.0. The highest BCUT2D eigenvalue weighted by Crippen LogP contribution is 2.22. The zero-order chi connectivity index (χ0) is 20.0. The molecule has 27 heavy (non-hydrogen) atoms. The lowest BCUT2D eigenvalue weighted by molar-refractivity contribution is 0.252. The van der Waals surface area contributed by atoms with Crippen LogP contribution in [-0.2, 0) is 16.4 Å². The van der Waals surface area contributed by atoms with Crippen molar-refractivity contribution in [2.45, 2.75) is 20.3 Å². The molecule has 0 saturated heterocycles. The Morgan fingerprint density at radius 2 is 1.85 bits per heavy atom. The van der Waals surface area contributed by atoms with Crippen LogP contribution >= 0.6 is 23.2 Å². The molecule has 0 unspecified atom stereocenters. The minimum atomic E-state index is -3.34. The molecule has 6 nitrogen and oxygen atoms in total. The van der Waals surface area contributed by atoms with E-state index >= 15 is 0 Å². The molecule has 0 heterocycles. The predicted molar refractivity (Wildman–Crippen MR) is 111 cm³/mol. The van der Waals surface area contributed by atoms with E-state index in [-0.39, 0.29) is 11.8 Å². The molecule has 0 radical (unpaired) electrons. The van der Waals surface area contributed by atoms with E-state index in [4.69, 9.17) is 23.2 Å². The Morgan fingerprint density at radius 1 is 1.11 bits per heavy atom. The van der Waals surface area contributed by atoms with E-state index in [1.54, 1.807) is 44.2 Å². The predicted octanol–water partition coefficient (Wildman–Crippen LogP) is 4.43. The highest BCUT2D eigenvalue weighted by molar-refractivity contribution is 7.92. The summed E-state index contributed by atoms with van der Waals surface area (Å²) < 4.78 is 25.8. The van der Waals surface area contributed by atoms with Gasteiger partial charge >= 0.3 is 6.03 Å². The van der Waals surface area contributed by atoms with E-state index in [1.165, 1.54) is 0 Å². The number of carbonyl (C=O) groups excluding carboxylic acids is 1. The lowest BCUT2D eigenvalue weighted by atomic mass is 10.1. The molecule has 9 heteroatoms. The molecule has 0 aliphatic heterocycles. The maximum absolute atomic E-state index is 12.0. The van der Waals surface area contributed by atoms with Crippen molar-refractivity contribution in [3.8, 4) is 0 Å². The molecule has 0 atom stereocenters. The van der Waals surface area contributed by atoms with Crippen molar-refractivity contribution in [2.24, 2.45) is 0 Å². The number of halogens is 2. The first kappa shape index (κ1) is 21.3. The van der Waals surface area contributed by atoms with Gasteiger partial charge in [-0.15, -0.1) is 0 Å². The number of aryl methyl sites for hydroxylation is 1. The van der Waals surface area contributed by atoms with Gasteiger partial charge in [0.2, 0.25) is 10.0 Å². The fraction of sp³-hybridized carbons (Fsp3) is 0.278. The first-order chi connectivity index (χ1) is 12.7. The standard InChI is InChI=1S/C18H21Cl2N3O3S/c1-3-27(25,26)23-17-7-6-15(10-12(17)2)22-18(24)21-9-8-13-4-5-14(19)11-16(13)20/h4-7,10-11,23H,3,8-9H2,1-2H3,(H2,21,22,24). The molecule has 0 bridgehead atoms. The topological polar surface area (TPSA) is 87.3 Å². The Hall–Kier alpha value is -1.96. The molecular formula is C18H21Cl2N3O3S.